The molecule has 2 aromatic rings. The Bertz CT molecular complexity index is 567. The zero-order valence-electron chi connectivity index (χ0n) is 12.4. The van der Waals surface area contributed by atoms with Crippen LogP contribution >= 0.6 is 0 Å². The smallest absolute Gasteiger partial charge is 0.165 e. The van der Waals surface area contributed by atoms with Crippen LogP contribution in [-0.2, 0) is 13.1 Å². The average Bonchev–Trinajstić information content (AvgIpc) is 3.08. The molecule has 0 aliphatic carbocycles. The van der Waals surface area contributed by atoms with Crippen molar-refractivity contribution in [2.45, 2.75) is 32.5 Å². The van der Waals surface area contributed by atoms with Crippen LogP contribution in [-0.4, -0.2) is 44.2 Å². The highest BCUT2D eigenvalue weighted by molar-refractivity contribution is 5.14. The molecule has 0 spiro atoms. The highest BCUT2D eigenvalue weighted by Crippen LogP contribution is 2.23. The molecule has 2 N–H and O–H groups in total. The van der Waals surface area contributed by atoms with Gasteiger partial charge >= 0.3 is 0 Å². The summed E-state index contributed by atoms with van der Waals surface area (Å²) < 4.78 is 1.89. The Morgan fingerprint density at radius 3 is 2.76 bits per heavy atom. The predicted molar refractivity (Wildman–Crippen MR) is 80.4 cm³/mol. The minimum Gasteiger partial charge on any atom is -0.330 e. The number of hydrogen-bond acceptors (Lipinski definition) is 5. The van der Waals surface area contributed by atoms with Gasteiger partial charge in [0.05, 0.1) is 13.1 Å². The van der Waals surface area contributed by atoms with Gasteiger partial charge in [-0.3, -0.25) is 4.90 Å². The SMILES string of the molecule is CC1CC(CN)CN1Cc1nnnn1Cc1ccccc1. The van der Waals surface area contributed by atoms with E-state index >= 15 is 0 Å². The molecule has 3 rings (SSSR count). The molecule has 0 bridgehead atoms. The fourth-order valence-corrected chi connectivity index (χ4v) is 3.01. The first-order chi connectivity index (χ1) is 10.3. The van der Waals surface area contributed by atoms with Gasteiger partial charge in [0, 0.05) is 12.6 Å². The highest BCUT2D eigenvalue weighted by atomic mass is 15.5. The third kappa shape index (κ3) is 3.28. The van der Waals surface area contributed by atoms with E-state index in [2.05, 4.69) is 39.5 Å². The molecular weight excluding hydrogens is 264 g/mol. The van der Waals surface area contributed by atoms with Crippen LogP contribution < -0.4 is 5.73 Å². The van der Waals surface area contributed by atoms with Gasteiger partial charge in [0.15, 0.2) is 5.82 Å². The summed E-state index contributed by atoms with van der Waals surface area (Å²) in [6, 6.07) is 10.8. The lowest BCUT2D eigenvalue weighted by Gasteiger charge is -2.20. The number of likely N-dealkylation sites (tertiary alicyclic amines) is 1. The van der Waals surface area contributed by atoms with Crippen molar-refractivity contribution >= 4 is 0 Å². The molecule has 0 amide bonds. The summed E-state index contributed by atoms with van der Waals surface area (Å²) in [5, 5.41) is 12.1. The zero-order valence-corrected chi connectivity index (χ0v) is 12.4. The Kier molecular flexibility index (Phi) is 4.26. The normalized spacial score (nSPS) is 22.8. The Hall–Kier alpha value is -1.79. The van der Waals surface area contributed by atoms with Gasteiger partial charge in [0.1, 0.15) is 0 Å². The van der Waals surface area contributed by atoms with E-state index in [4.69, 9.17) is 5.73 Å². The summed E-state index contributed by atoms with van der Waals surface area (Å²) in [6.07, 6.45) is 1.16. The number of rotatable bonds is 5. The molecule has 0 saturated carbocycles. The summed E-state index contributed by atoms with van der Waals surface area (Å²) in [4.78, 5) is 2.42. The van der Waals surface area contributed by atoms with Gasteiger partial charge in [-0.05, 0) is 41.8 Å². The lowest BCUT2D eigenvalue weighted by atomic mass is 10.1. The second-order valence-corrected chi connectivity index (χ2v) is 5.85. The topological polar surface area (TPSA) is 72.9 Å². The van der Waals surface area contributed by atoms with Crippen LogP contribution in [0.25, 0.3) is 0 Å². The van der Waals surface area contributed by atoms with Crippen molar-refractivity contribution in [1.82, 2.24) is 25.1 Å². The maximum atomic E-state index is 5.79. The van der Waals surface area contributed by atoms with Crippen molar-refractivity contribution in [3.05, 3.63) is 41.7 Å². The van der Waals surface area contributed by atoms with E-state index in [-0.39, 0.29) is 0 Å². The van der Waals surface area contributed by atoms with Gasteiger partial charge in [-0.15, -0.1) is 5.10 Å². The van der Waals surface area contributed by atoms with Crippen molar-refractivity contribution in [2.75, 3.05) is 13.1 Å². The van der Waals surface area contributed by atoms with Crippen LogP contribution in [0.15, 0.2) is 30.3 Å². The monoisotopic (exact) mass is 286 g/mol. The molecule has 0 radical (unpaired) electrons. The highest BCUT2D eigenvalue weighted by Gasteiger charge is 2.29. The van der Waals surface area contributed by atoms with Crippen LogP contribution in [0, 0.1) is 5.92 Å². The quantitative estimate of drug-likeness (QED) is 0.883. The van der Waals surface area contributed by atoms with Crippen molar-refractivity contribution in [3.8, 4) is 0 Å². The van der Waals surface area contributed by atoms with Gasteiger partial charge in [-0.1, -0.05) is 30.3 Å². The van der Waals surface area contributed by atoms with Gasteiger partial charge < -0.3 is 5.73 Å². The molecule has 2 atom stereocenters. The van der Waals surface area contributed by atoms with Gasteiger partial charge in [0.2, 0.25) is 0 Å². The summed E-state index contributed by atoms with van der Waals surface area (Å²) in [5.74, 6) is 1.52. The molecule has 6 heteroatoms. The van der Waals surface area contributed by atoms with Crippen LogP contribution in [0.3, 0.4) is 0 Å². The Balaban J connectivity index is 1.68. The molecule has 112 valence electrons. The Morgan fingerprint density at radius 2 is 2.05 bits per heavy atom. The largest absolute Gasteiger partial charge is 0.330 e. The first kappa shape index (κ1) is 14.2. The summed E-state index contributed by atoms with van der Waals surface area (Å²) in [5.41, 5.74) is 7.00. The Morgan fingerprint density at radius 1 is 1.24 bits per heavy atom. The first-order valence-corrected chi connectivity index (χ1v) is 7.49. The van der Waals surface area contributed by atoms with Crippen molar-refractivity contribution in [3.63, 3.8) is 0 Å². The van der Waals surface area contributed by atoms with Crippen LogP contribution in [0.1, 0.15) is 24.7 Å². The van der Waals surface area contributed by atoms with Gasteiger partial charge in [-0.25, -0.2) is 4.68 Å². The first-order valence-electron chi connectivity index (χ1n) is 7.49. The molecule has 21 heavy (non-hydrogen) atoms. The van der Waals surface area contributed by atoms with Gasteiger partial charge in [0.25, 0.3) is 0 Å². The number of benzene rings is 1. The number of tetrazole rings is 1. The Labute approximate surface area is 124 Å². The third-order valence-electron chi connectivity index (χ3n) is 4.25. The van der Waals surface area contributed by atoms with Crippen molar-refractivity contribution in [1.29, 1.82) is 0 Å². The molecule has 2 unspecified atom stereocenters. The van der Waals surface area contributed by atoms with E-state index in [1.54, 1.807) is 0 Å². The maximum Gasteiger partial charge on any atom is 0.165 e. The van der Waals surface area contributed by atoms with E-state index < -0.39 is 0 Å². The fraction of sp³-hybridized carbons (Fsp3) is 0.533. The van der Waals surface area contributed by atoms with Crippen molar-refractivity contribution < 1.29 is 0 Å². The van der Waals surface area contributed by atoms with Gasteiger partial charge in [-0.2, -0.15) is 0 Å². The molecule has 1 saturated heterocycles. The molecule has 6 nitrogen and oxygen atoms in total. The maximum absolute atomic E-state index is 5.79. The molecule has 2 heterocycles. The zero-order chi connectivity index (χ0) is 14.7. The summed E-state index contributed by atoms with van der Waals surface area (Å²) >= 11 is 0. The molecule has 1 aromatic heterocycles. The number of aromatic nitrogens is 4. The van der Waals surface area contributed by atoms with E-state index in [1.807, 2.05) is 22.9 Å². The van der Waals surface area contributed by atoms with Crippen LogP contribution in [0.4, 0.5) is 0 Å². The second-order valence-electron chi connectivity index (χ2n) is 5.85. The molecular formula is C15H22N6. The minimum absolute atomic E-state index is 0.542. The van der Waals surface area contributed by atoms with Crippen LogP contribution in [0.2, 0.25) is 0 Å². The molecule has 1 aliphatic heterocycles. The summed E-state index contributed by atoms with van der Waals surface area (Å²) in [7, 11) is 0. The fourth-order valence-electron chi connectivity index (χ4n) is 3.01. The number of nitrogens with zero attached hydrogens (tertiary/aromatic N) is 5. The molecule has 1 aliphatic rings. The molecule has 1 fully saturated rings. The second kappa shape index (κ2) is 6.32. The third-order valence-corrected chi connectivity index (χ3v) is 4.25. The number of nitrogens with two attached hydrogens (primary N) is 1. The van der Waals surface area contributed by atoms with Crippen LogP contribution in [0.5, 0.6) is 0 Å². The van der Waals surface area contributed by atoms with Crippen molar-refractivity contribution in [2.24, 2.45) is 11.7 Å². The molecule has 1 aromatic carbocycles. The van der Waals surface area contributed by atoms with E-state index in [1.165, 1.54) is 5.56 Å². The number of hydrogen-bond donors (Lipinski definition) is 1. The predicted octanol–water partition coefficient (Wildman–Crippen LogP) is 0.891. The summed E-state index contributed by atoms with van der Waals surface area (Å²) in [6.45, 7) is 5.55. The van der Waals surface area contributed by atoms with E-state index in [0.29, 0.717) is 18.5 Å². The lowest BCUT2D eigenvalue weighted by molar-refractivity contribution is 0.245. The standard InChI is InChI=1S/C15H22N6/c1-12-7-14(8-16)9-20(12)11-15-17-18-19-21(15)10-13-5-3-2-4-6-13/h2-6,12,14H,7-11,16H2,1H3. The van der Waals surface area contributed by atoms with E-state index in [0.717, 1.165) is 31.9 Å². The lowest BCUT2D eigenvalue weighted by Crippen LogP contribution is -2.29. The average molecular weight is 286 g/mol. The minimum atomic E-state index is 0.542. The van der Waals surface area contributed by atoms with E-state index in [9.17, 15) is 0 Å².